The summed E-state index contributed by atoms with van der Waals surface area (Å²) < 4.78 is 10.6. The van der Waals surface area contributed by atoms with Gasteiger partial charge in [0, 0.05) is 36.7 Å². The molecule has 1 amide bonds. The van der Waals surface area contributed by atoms with Crippen molar-refractivity contribution in [3.63, 3.8) is 0 Å². The van der Waals surface area contributed by atoms with E-state index < -0.39 is 0 Å². The van der Waals surface area contributed by atoms with E-state index in [4.69, 9.17) is 9.47 Å². The first kappa shape index (κ1) is 31.9. The van der Waals surface area contributed by atoms with Crippen LogP contribution < -0.4 is 20.1 Å². The monoisotopic (exact) mass is 624 g/mol. The summed E-state index contributed by atoms with van der Waals surface area (Å²) in [6.07, 6.45) is 8.94. The van der Waals surface area contributed by atoms with Gasteiger partial charge < -0.3 is 24.9 Å². The maximum Gasteiger partial charge on any atom is 0.232 e. The Labute approximate surface area is 258 Å². The van der Waals surface area contributed by atoms with Crippen LogP contribution in [0.4, 0.5) is 10.3 Å². The molecule has 43 heavy (non-hydrogen) atoms. The number of aromatic nitrogens is 6. The van der Waals surface area contributed by atoms with Crippen LogP contribution in [-0.4, -0.2) is 62.8 Å². The lowest BCUT2D eigenvalue weighted by molar-refractivity contribution is -0.115. The van der Waals surface area contributed by atoms with Gasteiger partial charge in [0.05, 0.1) is 32.0 Å². The van der Waals surface area contributed by atoms with Crippen LogP contribution in [0.1, 0.15) is 72.8 Å². The lowest BCUT2D eigenvalue weighted by Crippen LogP contribution is -2.15. The second kappa shape index (κ2) is 16.6. The van der Waals surface area contributed by atoms with E-state index in [9.17, 15) is 9.59 Å². The van der Waals surface area contributed by atoms with Crippen molar-refractivity contribution in [3.8, 4) is 11.5 Å². The Morgan fingerprint density at radius 3 is 1.98 bits per heavy atom. The number of nitrogens with one attached hydrogen (secondary N) is 2. The van der Waals surface area contributed by atoms with Gasteiger partial charge in [0.1, 0.15) is 27.8 Å². The smallest absolute Gasteiger partial charge is 0.232 e. The molecule has 2 atom stereocenters. The standard InChI is InChI=1S/C20H25N7O2S2.C9H11NO2/c1-3-29-15-8-7-14(22-11-15)10-16(28)23-20-27-25-18(31-20)13-6-4-5-12(9-13)17-24-26-19(21-2)30-17;1-2-12-9-4-3-8(5-6-11)10-7-9/h7-8,11-13H,3-6,9-10H2,1-2H3,(H,21,26)(H,23,27,28);3-4,6-7H,2,5H2,1H3/t12-,13?;/m0./s1. The molecule has 4 aromatic rings. The Morgan fingerprint density at radius 2 is 1.47 bits per heavy atom. The number of carbonyl (C=O) groups excluding carboxylic acids is 2. The number of nitrogens with zero attached hydrogens (tertiary/aromatic N) is 6. The third-order valence-electron chi connectivity index (χ3n) is 6.57. The summed E-state index contributed by atoms with van der Waals surface area (Å²) in [5, 5.41) is 26.4. The highest BCUT2D eigenvalue weighted by atomic mass is 32.1. The van der Waals surface area contributed by atoms with Gasteiger partial charge in [-0.25, -0.2) is 0 Å². The molecule has 0 spiro atoms. The normalized spacial score (nSPS) is 16.0. The van der Waals surface area contributed by atoms with E-state index in [1.165, 1.54) is 11.3 Å². The zero-order valence-electron chi connectivity index (χ0n) is 24.5. The Kier molecular flexibility index (Phi) is 12.3. The fourth-order valence-electron chi connectivity index (χ4n) is 4.55. The number of amides is 1. The molecule has 2 N–H and O–H groups in total. The second-order valence-electron chi connectivity index (χ2n) is 9.63. The van der Waals surface area contributed by atoms with Crippen molar-refractivity contribution in [2.24, 2.45) is 0 Å². The van der Waals surface area contributed by atoms with Gasteiger partial charge in [-0.3, -0.25) is 14.8 Å². The van der Waals surface area contributed by atoms with Gasteiger partial charge in [0.15, 0.2) is 0 Å². The first-order valence-electron chi connectivity index (χ1n) is 14.2. The van der Waals surface area contributed by atoms with Gasteiger partial charge in [-0.1, -0.05) is 29.1 Å². The average molecular weight is 625 g/mol. The minimum atomic E-state index is -0.158. The highest BCUT2D eigenvalue weighted by Gasteiger charge is 2.29. The first-order chi connectivity index (χ1) is 21.0. The van der Waals surface area contributed by atoms with Gasteiger partial charge >= 0.3 is 0 Å². The van der Waals surface area contributed by atoms with Crippen LogP contribution in [0.5, 0.6) is 11.5 Å². The quantitative estimate of drug-likeness (QED) is 0.203. The highest BCUT2D eigenvalue weighted by molar-refractivity contribution is 7.15. The number of rotatable bonds is 12. The van der Waals surface area contributed by atoms with Crippen LogP contribution in [0.3, 0.4) is 0 Å². The van der Waals surface area contributed by atoms with E-state index in [0.29, 0.717) is 48.0 Å². The molecule has 0 bridgehead atoms. The molecule has 228 valence electrons. The maximum absolute atomic E-state index is 12.4. The Morgan fingerprint density at radius 1 is 0.884 bits per heavy atom. The predicted octanol–water partition coefficient (Wildman–Crippen LogP) is 5.07. The lowest BCUT2D eigenvalue weighted by atomic mass is 9.82. The lowest BCUT2D eigenvalue weighted by Gasteiger charge is -2.25. The minimum absolute atomic E-state index is 0.158. The molecular weight excluding hydrogens is 589 g/mol. The van der Waals surface area contributed by atoms with Crippen molar-refractivity contribution in [2.75, 3.05) is 30.9 Å². The van der Waals surface area contributed by atoms with Gasteiger partial charge in [0.25, 0.3) is 0 Å². The SMILES string of the molecule is CCOc1ccc(CC(=O)Nc2nnc(C3CCC[C@H](c4nnc(NC)s4)C3)s2)nc1.CCOc1ccc(CC=O)nc1. The van der Waals surface area contributed by atoms with E-state index in [1.807, 2.05) is 33.0 Å². The second-order valence-corrected chi connectivity index (χ2v) is 11.7. The Hall–Kier alpha value is -4.04. The van der Waals surface area contributed by atoms with Crippen LogP contribution in [-0.2, 0) is 22.4 Å². The number of pyridine rings is 2. The molecule has 12 nitrogen and oxygen atoms in total. The van der Waals surface area contributed by atoms with Crippen LogP contribution >= 0.6 is 22.7 Å². The topological polar surface area (TPSA) is 154 Å². The molecule has 1 fully saturated rings. The largest absolute Gasteiger partial charge is 0.492 e. The van der Waals surface area contributed by atoms with Gasteiger partial charge in [-0.05, 0) is 57.4 Å². The Balaban J connectivity index is 0.000000296. The number of aldehydes is 1. The molecule has 0 radical (unpaired) electrons. The molecule has 14 heteroatoms. The van der Waals surface area contributed by atoms with Crippen LogP contribution in [0, 0.1) is 0 Å². The van der Waals surface area contributed by atoms with E-state index in [2.05, 4.69) is 41.0 Å². The highest BCUT2D eigenvalue weighted by Crippen LogP contribution is 2.43. The van der Waals surface area contributed by atoms with Crippen molar-refractivity contribution in [1.82, 2.24) is 30.4 Å². The third-order valence-corrected chi connectivity index (χ3v) is 8.67. The molecule has 5 rings (SSSR count). The molecular formula is C29H36N8O4S2. The van der Waals surface area contributed by atoms with E-state index >= 15 is 0 Å². The predicted molar refractivity (Wildman–Crippen MR) is 166 cm³/mol. The average Bonchev–Trinajstić information content (AvgIpc) is 3.70. The van der Waals surface area contributed by atoms with Crippen molar-refractivity contribution in [3.05, 3.63) is 58.1 Å². The summed E-state index contributed by atoms with van der Waals surface area (Å²) in [5.41, 5.74) is 1.45. The molecule has 1 unspecified atom stereocenters. The zero-order chi connectivity index (χ0) is 30.4. The third kappa shape index (κ3) is 9.75. The summed E-state index contributed by atoms with van der Waals surface area (Å²) in [6.45, 7) is 5.05. The van der Waals surface area contributed by atoms with Crippen molar-refractivity contribution in [1.29, 1.82) is 0 Å². The Bertz CT molecular complexity index is 1430. The summed E-state index contributed by atoms with van der Waals surface area (Å²) in [6, 6.07) is 7.22. The first-order valence-corrected chi connectivity index (χ1v) is 15.9. The van der Waals surface area contributed by atoms with Gasteiger partial charge in [-0.15, -0.1) is 20.4 Å². The number of anilines is 2. The van der Waals surface area contributed by atoms with Crippen LogP contribution in [0.15, 0.2) is 36.7 Å². The molecule has 0 saturated heterocycles. The van der Waals surface area contributed by atoms with Crippen LogP contribution in [0.25, 0.3) is 0 Å². The summed E-state index contributed by atoms with van der Waals surface area (Å²) in [7, 11) is 1.86. The van der Waals surface area contributed by atoms with Gasteiger partial charge in [0.2, 0.25) is 16.2 Å². The van der Waals surface area contributed by atoms with Crippen molar-refractivity contribution in [2.45, 2.75) is 64.2 Å². The molecule has 4 heterocycles. The number of carbonyl (C=O) groups is 2. The molecule has 0 aliphatic heterocycles. The summed E-state index contributed by atoms with van der Waals surface area (Å²) in [5.74, 6) is 2.01. The fraction of sp³-hybridized carbons (Fsp3) is 0.448. The molecule has 1 aliphatic rings. The van der Waals surface area contributed by atoms with Gasteiger partial charge in [-0.2, -0.15) is 0 Å². The number of hydrogen-bond donors (Lipinski definition) is 2. The van der Waals surface area contributed by atoms with Crippen molar-refractivity contribution >= 4 is 45.1 Å². The number of hydrogen-bond acceptors (Lipinski definition) is 13. The summed E-state index contributed by atoms with van der Waals surface area (Å²) >= 11 is 3.07. The molecule has 0 aromatic carbocycles. The fourth-order valence-corrected chi connectivity index (χ4v) is 6.30. The minimum Gasteiger partial charge on any atom is -0.492 e. The van der Waals surface area contributed by atoms with E-state index in [-0.39, 0.29) is 12.3 Å². The van der Waals surface area contributed by atoms with Crippen molar-refractivity contribution < 1.29 is 19.1 Å². The molecule has 4 aromatic heterocycles. The maximum atomic E-state index is 12.4. The summed E-state index contributed by atoms with van der Waals surface area (Å²) in [4.78, 5) is 30.8. The van der Waals surface area contributed by atoms with E-state index in [1.54, 1.807) is 35.9 Å². The molecule has 1 aliphatic carbocycles. The zero-order valence-corrected chi connectivity index (χ0v) is 26.1. The van der Waals surface area contributed by atoms with E-state index in [0.717, 1.165) is 58.6 Å². The molecule has 1 saturated carbocycles. The van der Waals surface area contributed by atoms with Crippen LogP contribution in [0.2, 0.25) is 0 Å². The number of ether oxygens (including phenoxy) is 2.